The average Bonchev–Trinajstić information content (AvgIpc) is 3.31. The van der Waals surface area contributed by atoms with Crippen molar-refractivity contribution in [2.45, 2.75) is 38.4 Å². The first-order valence-corrected chi connectivity index (χ1v) is 9.62. The van der Waals surface area contributed by atoms with Gasteiger partial charge < -0.3 is 5.32 Å². The van der Waals surface area contributed by atoms with Crippen molar-refractivity contribution < 1.29 is 4.79 Å². The van der Waals surface area contributed by atoms with E-state index >= 15 is 0 Å². The molecule has 0 radical (unpaired) electrons. The summed E-state index contributed by atoms with van der Waals surface area (Å²) in [6.07, 6.45) is 2.29. The zero-order chi connectivity index (χ0) is 16.5. The predicted octanol–water partition coefficient (Wildman–Crippen LogP) is 2.08. The maximum absolute atomic E-state index is 12.2. The summed E-state index contributed by atoms with van der Waals surface area (Å²) in [6.45, 7) is 6.83. The largest absolute Gasteiger partial charge is 0.352 e. The molecule has 0 unspecified atom stereocenters. The number of carbonyl (C=O) groups is 1. The lowest BCUT2D eigenvalue weighted by atomic mass is 10.2. The van der Waals surface area contributed by atoms with E-state index in [0.717, 1.165) is 51.1 Å². The fourth-order valence-corrected chi connectivity index (χ4v) is 4.21. The van der Waals surface area contributed by atoms with Gasteiger partial charge in [0.2, 0.25) is 5.91 Å². The second kappa shape index (κ2) is 6.78. The van der Waals surface area contributed by atoms with Crippen molar-refractivity contribution >= 4 is 27.5 Å². The molecule has 2 aliphatic rings. The third-order valence-corrected chi connectivity index (χ3v) is 5.98. The molecule has 1 saturated heterocycles. The lowest BCUT2D eigenvalue weighted by Crippen LogP contribution is -2.53. The topological polar surface area (TPSA) is 48.5 Å². The van der Waals surface area contributed by atoms with Crippen molar-refractivity contribution in [2.75, 3.05) is 26.2 Å². The van der Waals surface area contributed by atoms with Crippen LogP contribution < -0.4 is 5.32 Å². The summed E-state index contributed by atoms with van der Waals surface area (Å²) in [6, 6.07) is 8.74. The summed E-state index contributed by atoms with van der Waals surface area (Å²) in [4.78, 5) is 21.7. The Bertz CT molecular complexity index is 686. The molecule has 0 spiro atoms. The van der Waals surface area contributed by atoms with Crippen molar-refractivity contribution in [3.8, 4) is 0 Å². The molecule has 0 bridgehead atoms. The van der Waals surface area contributed by atoms with E-state index in [1.807, 2.05) is 13.0 Å². The molecular weight excluding hydrogens is 320 g/mol. The quantitative estimate of drug-likeness (QED) is 0.902. The second-order valence-corrected chi connectivity index (χ2v) is 7.96. The summed E-state index contributed by atoms with van der Waals surface area (Å²) >= 11 is 1.79. The van der Waals surface area contributed by atoms with E-state index in [4.69, 9.17) is 4.98 Å². The highest BCUT2D eigenvalue weighted by atomic mass is 32.1. The molecule has 2 aromatic rings. The smallest absolute Gasteiger partial charge is 0.237 e. The number of hydrogen-bond donors (Lipinski definition) is 1. The Kier molecular flexibility index (Phi) is 4.52. The molecular formula is C18H24N4OS. The van der Waals surface area contributed by atoms with Crippen LogP contribution in [0.15, 0.2) is 24.3 Å². The number of piperazine rings is 1. The Morgan fingerprint density at radius 3 is 2.75 bits per heavy atom. The van der Waals surface area contributed by atoms with Crippen molar-refractivity contribution in [3.63, 3.8) is 0 Å². The van der Waals surface area contributed by atoms with E-state index in [0.29, 0.717) is 6.04 Å². The van der Waals surface area contributed by atoms with Crippen molar-refractivity contribution in [1.29, 1.82) is 0 Å². The first kappa shape index (κ1) is 16.0. The standard InChI is InChI=1S/C18H24N4OS/c1-13(18(23)19-14-6-7-14)22-10-8-21(9-11-22)12-17-20-15-4-2-3-5-16(15)24-17/h2-5,13-14H,6-12H2,1H3,(H,19,23)/t13-/m0/s1. The van der Waals surface area contributed by atoms with E-state index in [1.54, 1.807) is 11.3 Å². The Labute approximate surface area is 146 Å². The number of nitrogens with one attached hydrogen (secondary N) is 1. The maximum atomic E-state index is 12.2. The van der Waals surface area contributed by atoms with Gasteiger partial charge in [0.25, 0.3) is 0 Å². The molecule has 24 heavy (non-hydrogen) atoms. The molecule has 1 aromatic carbocycles. The van der Waals surface area contributed by atoms with Crippen LogP contribution in [-0.2, 0) is 11.3 Å². The van der Waals surface area contributed by atoms with Gasteiger partial charge in [0.05, 0.1) is 22.8 Å². The van der Waals surface area contributed by atoms with Crippen LogP contribution in [0.5, 0.6) is 0 Å². The second-order valence-electron chi connectivity index (χ2n) is 6.85. The average molecular weight is 344 g/mol. The number of thiazole rings is 1. The molecule has 2 fully saturated rings. The highest BCUT2D eigenvalue weighted by molar-refractivity contribution is 7.18. The minimum atomic E-state index is -0.0183. The molecule has 6 heteroatoms. The summed E-state index contributed by atoms with van der Waals surface area (Å²) in [7, 11) is 0. The van der Waals surface area contributed by atoms with E-state index < -0.39 is 0 Å². The number of para-hydroxylation sites is 1. The number of nitrogens with zero attached hydrogens (tertiary/aromatic N) is 3. The first-order valence-electron chi connectivity index (χ1n) is 8.80. The lowest BCUT2D eigenvalue weighted by Gasteiger charge is -2.37. The lowest BCUT2D eigenvalue weighted by molar-refractivity contribution is -0.126. The van der Waals surface area contributed by atoms with Gasteiger partial charge in [0.15, 0.2) is 0 Å². The van der Waals surface area contributed by atoms with Crippen LogP contribution in [0.2, 0.25) is 0 Å². The molecule has 4 rings (SSSR count). The number of fused-ring (bicyclic) bond motifs is 1. The molecule has 5 nitrogen and oxygen atoms in total. The van der Waals surface area contributed by atoms with Gasteiger partial charge in [0, 0.05) is 32.2 Å². The van der Waals surface area contributed by atoms with E-state index in [1.165, 1.54) is 9.71 Å². The van der Waals surface area contributed by atoms with Crippen LogP contribution in [0.25, 0.3) is 10.2 Å². The Balaban J connectivity index is 1.30. The Hall–Kier alpha value is -1.50. The zero-order valence-corrected chi connectivity index (χ0v) is 14.9. The summed E-state index contributed by atoms with van der Waals surface area (Å²) < 4.78 is 1.26. The minimum Gasteiger partial charge on any atom is -0.352 e. The predicted molar refractivity (Wildman–Crippen MR) is 97.1 cm³/mol. The zero-order valence-electron chi connectivity index (χ0n) is 14.1. The Morgan fingerprint density at radius 1 is 1.29 bits per heavy atom. The van der Waals surface area contributed by atoms with E-state index in [-0.39, 0.29) is 11.9 Å². The van der Waals surface area contributed by atoms with Gasteiger partial charge in [-0.2, -0.15) is 0 Å². The number of amides is 1. The van der Waals surface area contributed by atoms with Gasteiger partial charge in [-0.15, -0.1) is 11.3 Å². The van der Waals surface area contributed by atoms with Crippen LogP contribution in [0.4, 0.5) is 0 Å². The molecule has 128 valence electrons. The first-order chi connectivity index (χ1) is 11.7. The van der Waals surface area contributed by atoms with Crippen molar-refractivity contribution in [1.82, 2.24) is 20.1 Å². The normalized spacial score (nSPS) is 21.0. The summed E-state index contributed by atoms with van der Waals surface area (Å²) in [5.74, 6) is 0.192. The van der Waals surface area contributed by atoms with Crippen LogP contribution in [0, 0.1) is 0 Å². The fourth-order valence-electron chi connectivity index (χ4n) is 3.20. The van der Waals surface area contributed by atoms with Crippen molar-refractivity contribution in [3.05, 3.63) is 29.3 Å². The van der Waals surface area contributed by atoms with E-state index in [9.17, 15) is 4.79 Å². The molecule has 1 aliphatic heterocycles. The number of hydrogen-bond acceptors (Lipinski definition) is 5. The summed E-state index contributed by atoms with van der Waals surface area (Å²) in [5.41, 5.74) is 1.10. The SMILES string of the molecule is C[C@@H](C(=O)NC1CC1)N1CCN(Cc2nc3ccccc3s2)CC1. The van der Waals surface area contributed by atoms with Crippen LogP contribution in [-0.4, -0.2) is 59.0 Å². The summed E-state index contributed by atoms with van der Waals surface area (Å²) in [5, 5.41) is 4.30. The number of benzene rings is 1. The highest BCUT2D eigenvalue weighted by Gasteiger charge is 2.30. The monoisotopic (exact) mass is 344 g/mol. The third kappa shape index (κ3) is 3.61. The molecule has 2 heterocycles. The molecule has 1 N–H and O–H groups in total. The number of aromatic nitrogens is 1. The van der Waals surface area contributed by atoms with Gasteiger partial charge in [-0.05, 0) is 31.9 Å². The number of rotatable bonds is 5. The molecule has 1 aromatic heterocycles. The van der Waals surface area contributed by atoms with Gasteiger partial charge in [-0.25, -0.2) is 4.98 Å². The van der Waals surface area contributed by atoms with E-state index in [2.05, 4.69) is 33.3 Å². The number of carbonyl (C=O) groups excluding carboxylic acids is 1. The molecule has 1 atom stereocenters. The molecule has 1 saturated carbocycles. The molecule has 1 amide bonds. The van der Waals surface area contributed by atoms with Gasteiger partial charge in [-0.3, -0.25) is 14.6 Å². The molecule has 1 aliphatic carbocycles. The van der Waals surface area contributed by atoms with Crippen LogP contribution in [0.1, 0.15) is 24.8 Å². The minimum absolute atomic E-state index is 0.0183. The Morgan fingerprint density at radius 2 is 2.04 bits per heavy atom. The van der Waals surface area contributed by atoms with Crippen LogP contribution >= 0.6 is 11.3 Å². The third-order valence-electron chi connectivity index (χ3n) is 4.95. The van der Waals surface area contributed by atoms with Crippen LogP contribution in [0.3, 0.4) is 0 Å². The van der Waals surface area contributed by atoms with Gasteiger partial charge in [-0.1, -0.05) is 12.1 Å². The van der Waals surface area contributed by atoms with Gasteiger partial charge in [0.1, 0.15) is 5.01 Å². The maximum Gasteiger partial charge on any atom is 0.237 e. The van der Waals surface area contributed by atoms with Gasteiger partial charge >= 0.3 is 0 Å². The fraction of sp³-hybridized carbons (Fsp3) is 0.556. The highest BCUT2D eigenvalue weighted by Crippen LogP contribution is 2.23. The van der Waals surface area contributed by atoms with Crippen molar-refractivity contribution in [2.24, 2.45) is 0 Å².